The monoisotopic (exact) mass is 421 g/mol. The topological polar surface area (TPSA) is 75.6 Å². The lowest BCUT2D eigenvalue weighted by atomic mass is 10.2. The van der Waals surface area contributed by atoms with E-state index in [-0.39, 0.29) is 5.91 Å². The van der Waals surface area contributed by atoms with Crippen molar-refractivity contribution in [2.24, 2.45) is 0 Å². The van der Waals surface area contributed by atoms with Crippen LogP contribution in [0.3, 0.4) is 0 Å². The molecular weight excluding hydrogens is 405 g/mol. The summed E-state index contributed by atoms with van der Waals surface area (Å²) in [7, 11) is 0. The second-order valence-corrected chi connectivity index (χ2v) is 6.49. The Bertz CT molecular complexity index is 852. The molecule has 1 amide bonds. The van der Waals surface area contributed by atoms with E-state index in [0.29, 0.717) is 12.2 Å². The number of nitrogens with zero attached hydrogens (tertiary/aromatic N) is 3. The lowest BCUT2D eigenvalue weighted by Crippen LogP contribution is -2.14. The Kier molecular flexibility index (Phi) is 4.46. The third-order valence-corrected chi connectivity index (χ3v) is 4.26. The highest BCUT2D eigenvalue weighted by atomic mass is 127. The molecule has 0 fully saturated rings. The average Bonchev–Trinajstić information content (AvgIpc) is 3.05. The summed E-state index contributed by atoms with van der Waals surface area (Å²) in [6, 6.07) is 9.82. The summed E-state index contributed by atoms with van der Waals surface area (Å²) in [5, 5.41) is 13.9. The van der Waals surface area contributed by atoms with Gasteiger partial charge < -0.3 is 5.32 Å². The van der Waals surface area contributed by atoms with E-state index in [1.807, 2.05) is 48.9 Å². The molecule has 0 radical (unpaired) electrons. The van der Waals surface area contributed by atoms with Crippen LogP contribution in [0, 0.1) is 17.4 Å². The third-order valence-electron chi connectivity index (χ3n) is 3.44. The first-order valence-electron chi connectivity index (χ1n) is 7.13. The van der Waals surface area contributed by atoms with E-state index in [1.54, 1.807) is 6.20 Å². The maximum absolute atomic E-state index is 12.2. The number of hydrogen-bond acceptors (Lipinski definition) is 3. The van der Waals surface area contributed by atoms with Crippen LogP contribution in [0.5, 0.6) is 0 Å². The van der Waals surface area contributed by atoms with Gasteiger partial charge in [0.2, 0.25) is 0 Å². The summed E-state index contributed by atoms with van der Waals surface area (Å²) in [4.78, 5) is 12.2. The van der Waals surface area contributed by atoms with E-state index >= 15 is 0 Å². The summed E-state index contributed by atoms with van der Waals surface area (Å²) in [5.74, 6) is -0.199. The van der Waals surface area contributed by atoms with Gasteiger partial charge in [0.25, 0.3) is 5.91 Å². The number of benzene rings is 1. The van der Waals surface area contributed by atoms with Crippen LogP contribution < -0.4 is 5.32 Å². The highest BCUT2D eigenvalue weighted by Gasteiger charge is 2.12. The van der Waals surface area contributed by atoms with Gasteiger partial charge in [-0.15, -0.1) is 0 Å². The number of anilines is 1. The number of aromatic nitrogens is 4. The molecule has 0 spiro atoms. The zero-order valence-corrected chi connectivity index (χ0v) is 15.0. The van der Waals surface area contributed by atoms with Crippen LogP contribution >= 0.6 is 22.6 Å². The number of carbonyl (C=O) groups excluding carboxylic acids is 1. The van der Waals surface area contributed by atoms with Crippen molar-refractivity contribution in [2.45, 2.75) is 20.4 Å². The Labute approximate surface area is 147 Å². The van der Waals surface area contributed by atoms with Crippen molar-refractivity contribution in [3.8, 4) is 0 Å². The predicted molar refractivity (Wildman–Crippen MR) is 96.5 cm³/mol. The number of nitrogens with one attached hydrogen (secondary N) is 2. The minimum absolute atomic E-state index is 0.199. The first-order valence-corrected chi connectivity index (χ1v) is 8.21. The highest BCUT2D eigenvalue weighted by molar-refractivity contribution is 14.1. The van der Waals surface area contributed by atoms with Crippen LogP contribution in [0.4, 0.5) is 5.69 Å². The minimum Gasteiger partial charge on any atom is -0.321 e. The maximum Gasteiger partial charge on any atom is 0.274 e. The van der Waals surface area contributed by atoms with Gasteiger partial charge in [0.05, 0.1) is 22.0 Å². The molecule has 2 aromatic heterocycles. The average molecular weight is 421 g/mol. The van der Waals surface area contributed by atoms with Gasteiger partial charge in [0, 0.05) is 11.4 Å². The molecular formula is C16H16IN5O. The van der Waals surface area contributed by atoms with Gasteiger partial charge in [-0.3, -0.25) is 14.6 Å². The summed E-state index contributed by atoms with van der Waals surface area (Å²) < 4.78 is 2.74. The molecule has 2 heterocycles. The molecule has 6 nitrogen and oxygen atoms in total. The van der Waals surface area contributed by atoms with E-state index in [4.69, 9.17) is 0 Å². The van der Waals surface area contributed by atoms with Crippen molar-refractivity contribution in [2.75, 3.05) is 5.32 Å². The molecule has 7 heteroatoms. The van der Waals surface area contributed by atoms with Crippen LogP contribution in [0.2, 0.25) is 0 Å². The molecule has 3 rings (SSSR count). The quantitative estimate of drug-likeness (QED) is 0.636. The second-order valence-electron chi connectivity index (χ2n) is 5.33. The van der Waals surface area contributed by atoms with Gasteiger partial charge >= 0.3 is 0 Å². The Morgan fingerprint density at radius 1 is 1.35 bits per heavy atom. The first-order chi connectivity index (χ1) is 11.0. The summed E-state index contributed by atoms with van der Waals surface area (Å²) >= 11 is 2.08. The zero-order chi connectivity index (χ0) is 16.4. The molecule has 3 aromatic rings. The van der Waals surface area contributed by atoms with Gasteiger partial charge in [-0.05, 0) is 60.2 Å². The van der Waals surface area contributed by atoms with Crippen LogP contribution in [-0.2, 0) is 6.54 Å². The smallest absolute Gasteiger partial charge is 0.274 e. The van der Waals surface area contributed by atoms with Crippen LogP contribution in [0.25, 0.3) is 0 Å². The van der Waals surface area contributed by atoms with Crippen molar-refractivity contribution >= 4 is 34.2 Å². The molecule has 0 saturated carbocycles. The molecule has 1 aromatic carbocycles. The molecule has 0 atom stereocenters. The van der Waals surface area contributed by atoms with Crippen LogP contribution in [-0.4, -0.2) is 25.9 Å². The second kappa shape index (κ2) is 6.53. The Hall–Kier alpha value is -2.16. The number of H-pyrrole nitrogens is 1. The van der Waals surface area contributed by atoms with E-state index in [0.717, 1.165) is 26.2 Å². The lowest BCUT2D eigenvalue weighted by Gasteiger charge is -2.08. The molecule has 0 saturated heterocycles. The van der Waals surface area contributed by atoms with Crippen LogP contribution in [0.15, 0.2) is 36.5 Å². The first kappa shape index (κ1) is 15.7. The Morgan fingerprint density at radius 2 is 2.17 bits per heavy atom. The van der Waals surface area contributed by atoms with Gasteiger partial charge in [-0.2, -0.15) is 10.2 Å². The summed E-state index contributed by atoms with van der Waals surface area (Å²) in [6.07, 6.45) is 1.62. The fourth-order valence-corrected chi connectivity index (χ4v) is 2.88. The molecule has 0 bridgehead atoms. The minimum atomic E-state index is -0.199. The number of carbonyl (C=O) groups is 1. The third kappa shape index (κ3) is 3.61. The van der Waals surface area contributed by atoms with E-state index < -0.39 is 0 Å². The van der Waals surface area contributed by atoms with Crippen molar-refractivity contribution in [1.82, 2.24) is 20.0 Å². The van der Waals surface area contributed by atoms with Crippen LogP contribution in [0.1, 0.15) is 27.4 Å². The van der Waals surface area contributed by atoms with E-state index in [9.17, 15) is 4.79 Å². The number of hydrogen-bond donors (Lipinski definition) is 2. The van der Waals surface area contributed by atoms with E-state index in [1.165, 1.54) is 0 Å². The van der Waals surface area contributed by atoms with Gasteiger partial charge in [0.15, 0.2) is 0 Å². The number of halogens is 1. The number of rotatable bonds is 4. The number of amides is 1. The normalized spacial score (nSPS) is 10.7. The fraction of sp³-hybridized carbons (Fsp3) is 0.188. The van der Waals surface area contributed by atoms with Gasteiger partial charge in [0.1, 0.15) is 5.69 Å². The molecule has 0 aliphatic rings. The SMILES string of the molecule is Cc1cc(C)n(Cc2cccc(NC(=O)c3[nH]ncc3I)c2)n1. The molecule has 0 aliphatic carbocycles. The molecule has 0 unspecified atom stereocenters. The zero-order valence-electron chi connectivity index (χ0n) is 12.8. The highest BCUT2D eigenvalue weighted by Crippen LogP contribution is 2.15. The fourth-order valence-electron chi connectivity index (χ4n) is 2.38. The van der Waals surface area contributed by atoms with Crippen molar-refractivity contribution in [3.05, 3.63) is 62.7 Å². The summed E-state index contributed by atoms with van der Waals surface area (Å²) in [5.41, 5.74) is 4.41. The molecule has 2 N–H and O–H groups in total. The summed E-state index contributed by atoms with van der Waals surface area (Å²) in [6.45, 7) is 4.68. The standard InChI is InChI=1S/C16H16IN5O/c1-10-6-11(2)22(21-10)9-12-4-3-5-13(7-12)19-16(23)15-14(17)8-18-20-15/h3-8H,9H2,1-2H3,(H,18,20)(H,19,23). The molecule has 118 valence electrons. The molecule has 0 aliphatic heterocycles. The maximum atomic E-state index is 12.2. The Morgan fingerprint density at radius 3 is 2.83 bits per heavy atom. The number of aryl methyl sites for hydroxylation is 2. The van der Waals surface area contributed by atoms with Crippen molar-refractivity contribution < 1.29 is 4.79 Å². The van der Waals surface area contributed by atoms with Gasteiger partial charge in [-0.25, -0.2) is 0 Å². The van der Waals surface area contributed by atoms with Crippen molar-refractivity contribution in [3.63, 3.8) is 0 Å². The predicted octanol–water partition coefficient (Wildman–Crippen LogP) is 3.13. The Balaban J connectivity index is 1.76. The largest absolute Gasteiger partial charge is 0.321 e. The van der Waals surface area contributed by atoms with Gasteiger partial charge in [-0.1, -0.05) is 12.1 Å². The number of aromatic amines is 1. The van der Waals surface area contributed by atoms with Crippen molar-refractivity contribution in [1.29, 1.82) is 0 Å². The lowest BCUT2D eigenvalue weighted by molar-refractivity contribution is 0.102. The van der Waals surface area contributed by atoms with E-state index in [2.05, 4.69) is 43.2 Å². The molecule has 23 heavy (non-hydrogen) atoms.